The Bertz CT molecular complexity index is 511. The molecular formula is C10H13O5S-. The molecule has 0 aliphatic carbocycles. The van der Waals surface area contributed by atoms with Crippen molar-refractivity contribution in [3.63, 3.8) is 0 Å². The van der Waals surface area contributed by atoms with Crippen LogP contribution in [-0.2, 0) is 15.5 Å². The maximum Gasteiger partial charge on any atom is 0.133 e. The molecule has 16 heavy (non-hydrogen) atoms. The first kappa shape index (κ1) is 12.8. The highest BCUT2D eigenvalue weighted by molar-refractivity contribution is 7.85. The Morgan fingerprint density at radius 1 is 1.12 bits per heavy atom. The van der Waals surface area contributed by atoms with Crippen LogP contribution in [0.15, 0.2) is 17.0 Å². The lowest BCUT2D eigenvalue weighted by Crippen LogP contribution is -2.12. The fourth-order valence-corrected chi connectivity index (χ4v) is 1.93. The quantitative estimate of drug-likeness (QED) is 0.574. The first-order chi connectivity index (χ1) is 7.03. The monoisotopic (exact) mass is 245 g/mol. The largest absolute Gasteiger partial charge is 0.744 e. The summed E-state index contributed by atoms with van der Waals surface area (Å²) in [5.74, 6) is -0.961. The van der Waals surface area contributed by atoms with Crippen molar-refractivity contribution in [3.05, 3.63) is 17.7 Å². The van der Waals surface area contributed by atoms with Crippen molar-refractivity contribution in [3.8, 4) is 11.5 Å². The highest BCUT2D eigenvalue weighted by Gasteiger charge is 2.21. The number of phenolic OH excluding ortho intramolecular Hbond substituents is 2. The predicted octanol–water partition coefficient (Wildman–Crippen LogP) is 1.30. The third-order valence-corrected chi connectivity index (χ3v) is 3.02. The molecule has 0 aromatic heterocycles. The van der Waals surface area contributed by atoms with E-state index in [0.29, 0.717) is 5.56 Å². The van der Waals surface area contributed by atoms with Gasteiger partial charge in [0.2, 0.25) is 0 Å². The molecule has 0 heterocycles. The average Bonchev–Trinajstić information content (AvgIpc) is 2.04. The van der Waals surface area contributed by atoms with Crippen molar-refractivity contribution in [1.29, 1.82) is 0 Å². The predicted molar refractivity (Wildman–Crippen MR) is 56.4 cm³/mol. The van der Waals surface area contributed by atoms with Crippen LogP contribution in [0.5, 0.6) is 11.5 Å². The molecule has 90 valence electrons. The first-order valence-electron chi connectivity index (χ1n) is 4.56. The second-order valence-corrected chi connectivity index (χ2v) is 5.89. The lowest BCUT2D eigenvalue weighted by Gasteiger charge is -2.22. The van der Waals surface area contributed by atoms with Gasteiger partial charge in [0.25, 0.3) is 0 Å². The van der Waals surface area contributed by atoms with Crippen LogP contribution in [0.25, 0.3) is 0 Å². The topological polar surface area (TPSA) is 97.7 Å². The van der Waals surface area contributed by atoms with E-state index in [9.17, 15) is 23.2 Å². The summed E-state index contributed by atoms with van der Waals surface area (Å²) >= 11 is 0. The summed E-state index contributed by atoms with van der Waals surface area (Å²) in [5, 5.41) is 19.0. The molecule has 0 radical (unpaired) electrons. The number of phenols is 2. The molecule has 1 aromatic carbocycles. The van der Waals surface area contributed by atoms with Gasteiger partial charge in [-0.15, -0.1) is 0 Å². The lowest BCUT2D eigenvalue weighted by atomic mass is 9.86. The SMILES string of the molecule is CC(C)(C)c1cc(O)c(S(=O)(=O)[O-])cc1O. The maximum atomic E-state index is 10.7. The Kier molecular flexibility index (Phi) is 2.91. The van der Waals surface area contributed by atoms with E-state index in [-0.39, 0.29) is 5.75 Å². The van der Waals surface area contributed by atoms with E-state index in [0.717, 1.165) is 12.1 Å². The first-order valence-corrected chi connectivity index (χ1v) is 5.96. The Hall–Kier alpha value is -1.27. The molecule has 1 aromatic rings. The van der Waals surface area contributed by atoms with Gasteiger partial charge in [-0.25, -0.2) is 8.42 Å². The van der Waals surface area contributed by atoms with Crippen LogP contribution < -0.4 is 0 Å². The highest BCUT2D eigenvalue weighted by atomic mass is 32.2. The second kappa shape index (κ2) is 3.64. The molecule has 0 amide bonds. The summed E-state index contributed by atoms with van der Waals surface area (Å²) in [6.07, 6.45) is 0. The minimum Gasteiger partial charge on any atom is -0.744 e. The van der Waals surface area contributed by atoms with Gasteiger partial charge in [-0.1, -0.05) is 20.8 Å². The van der Waals surface area contributed by atoms with Gasteiger partial charge in [-0.3, -0.25) is 0 Å². The van der Waals surface area contributed by atoms with Crippen LogP contribution in [0.3, 0.4) is 0 Å². The van der Waals surface area contributed by atoms with Crippen LogP contribution in [-0.4, -0.2) is 23.2 Å². The fourth-order valence-electron chi connectivity index (χ4n) is 1.36. The summed E-state index contributed by atoms with van der Waals surface area (Å²) in [6, 6.07) is 1.87. The molecule has 2 N–H and O–H groups in total. The third kappa shape index (κ3) is 2.45. The summed E-state index contributed by atoms with van der Waals surface area (Å²) in [6.45, 7) is 5.35. The summed E-state index contributed by atoms with van der Waals surface area (Å²) < 4.78 is 32.2. The van der Waals surface area contributed by atoms with Crippen LogP contribution in [0.1, 0.15) is 26.3 Å². The van der Waals surface area contributed by atoms with Crippen molar-refractivity contribution in [2.24, 2.45) is 0 Å². The summed E-state index contributed by atoms with van der Waals surface area (Å²) in [4.78, 5) is -0.807. The van der Waals surface area contributed by atoms with Crippen molar-refractivity contribution >= 4 is 10.1 Å². The third-order valence-electron chi connectivity index (χ3n) is 2.15. The van der Waals surface area contributed by atoms with E-state index in [1.807, 2.05) is 0 Å². The molecule has 0 aliphatic rings. The minimum atomic E-state index is -4.78. The molecule has 0 saturated carbocycles. The molecule has 0 fully saturated rings. The van der Waals surface area contributed by atoms with Crippen molar-refractivity contribution in [1.82, 2.24) is 0 Å². The van der Waals surface area contributed by atoms with E-state index in [1.54, 1.807) is 20.8 Å². The number of rotatable bonds is 1. The van der Waals surface area contributed by atoms with Crippen LogP contribution in [0.2, 0.25) is 0 Å². The molecule has 0 aliphatic heterocycles. The molecule has 0 saturated heterocycles. The molecule has 5 nitrogen and oxygen atoms in total. The van der Waals surface area contributed by atoms with Crippen LogP contribution in [0, 0.1) is 0 Å². The van der Waals surface area contributed by atoms with Crippen molar-refractivity contribution in [2.75, 3.05) is 0 Å². The normalized spacial score (nSPS) is 12.8. The van der Waals surface area contributed by atoms with Crippen molar-refractivity contribution < 1.29 is 23.2 Å². The maximum absolute atomic E-state index is 10.7. The zero-order valence-corrected chi connectivity index (χ0v) is 10.00. The van der Waals surface area contributed by atoms with E-state index < -0.39 is 26.2 Å². The van der Waals surface area contributed by atoms with E-state index in [1.165, 1.54) is 0 Å². The number of aromatic hydroxyl groups is 2. The number of benzene rings is 1. The number of hydrogen-bond acceptors (Lipinski definition) is 5. The standard InChI is InChI=1S/C10H14O5S/c1-10(2,3)6-4-8(12)9(5-7(6)11)16(13,14)15/h4-5,11-12H,1-3H3,(H,13,14,15)/p-1. The molecule has 1 rings (SSSR count). The van der Waals surface area contributed by atoms with Gasteiger partial charge in [-0.05, 0) is 11.5 Å². The Morgan fingerprint density at radius 3 is 2.00 bits per heavy atom. The van der Waals surface area contributed by atoms with Gasteiger partial charge in [0.1, 0.15) is 21.6 Å². The fraction of sp³-hybridized carbons (Fsp3) is 0.400. The molecule has 0 atom stereocenters. The Balaban J connectivity index is 3.52. The highest BCUT2D eigenvalue weighted by Crippen LogP contribution is 2.37. The average molecular weight is 245 g/mol. The van der Waals surface area contributed by atoms with Gasteiger partial charge in [0.05, 0.1) is 4.90 Å². The summed E-state index contributed by atoms with van der Waals surface area (Å²) in [5.41, 5.74) is -0.0929. The van der Waals surface area contributed by atoms with E-state index in [4.69, 9.17) is 0 Å². The smallest absolute Gasteiger partial charge is 0.133 e. The molecule has 0 spiro atoms. The zero-order valence-electron chi connectivity index (χ0n) is 9.18. The Labute approximate surface area is 94.1 Å². The number of hydrogen-bond donors (Lipinski definition) is 2. The van der Waals surface area contributed by atoms with Gasteiger partial charge in [0.15, 0.2) is 0 Å². The van der Waals surface area contributed by atoms with Gasteiger partial charge in [0, 0.05) is 11.6 Å². The Morgan fingerprint density at radius 2 is 1.62 bits per heavy atom. The lowest BCUT2D eigenvalue weighted by molar-refractivity contribution is 0.414. The van der Waals surface area contributed by atoms with Crippen LogP contribution in [0.4, 0.5) is 0 Å². The summed E-state index contributed by atoms with van der Waals surface area (Å²) in [7, 11) is -4.78. The second-order valence-electron chi connectivity index (χ2n) is 4.54. The molecule has 0 unspecified atom stereocenters. The zero-order chi connectivity index (χ0) is 12.7. The minimum absolute atomic E-state index is 0.320. The van der Waals surface area contributed by atoms with E-state index in [2.05, 4.69) is 0 Å². The molecule has 0 bridgehead atoms. The van der Waals surface area contributed by atoms with Crippen LogP contribution >= 0.6 is 0 Å². The van der Waals surface area contributed by atoms with Gasteiger partial charge in [-0.2, -0.15) is 0 Å². The molecule has 6 heteroatoms. The molecular weight excluding hydrogens is 232 g/mol. The van der Waals surface area contributed by atoms with Gasteiger partial charge >= 0.3 is 0 Å². The van der Waals surface area contributed by atoms with Crippen molar-refractivity contribution in [2.45, 2.75) is 31.1 Å². The van der Waals surface area contributed by atoms with Gasteiger partial charge < -0.3 is 14.8 Å². The van der Waals surface area contributed by atoms with E-state index >= 15 is 0 Å².